The van der Waals surface area contributed by atoms with Crippen LogP contribution in [0.1, 0.15) is 17.4 Å². The number of benzene rings is 1. The summed E-state index contributed by atoms with van der Waals surface area (Å²) >= 11 is 1.87. The molecule has 0 unspecified atom stereocenters. The largest absolute Gasteiger partial charge is 0.140 e. The van der Waals surface area contributed by atoms with Crippen LogP contribution in [0.15, 0.2) is 30.3 Å². The maximum absolute atomic E-state index is 2.19. The fourth-order valence-electron chi connectivity index (χ4n) is 1.56. The van der Waals surface area contributed by atoms with Gasteiger partial charge in [-0.15, -0.1) is 11.3 Å². The molecule has 0 amide bonds. The van der Waals surface area contributed by atoms with E-state index in [0.717, 1.165) is 0 Å². The van der Waals surface area contributed by atoms with Crippen molar-refractivity contribution in [1.82, 2.24) is 0 Å². The van der Waals surface area contributed by atoms with Crippen molar-refractivity contribution in [2.45, 2.75) is 13.8 Å². The maximum Gasteiger partial charge on any atom is 0.0351 e. The first-order chi connectivity index (χ1) is 6.33. The lowest BCUT2D eigenvalue weighted by Gasteiger charge is -1.91. The second kappa shape index (κ2) is 3.35. The number of hydrogen-bond acceptors (Lipinski definition) is 1. The molecule has 0 aliphatic rings. The average molecular weight is 188 g/mol. The summed E-state index contributed by atoms with van der Waals surface area (Å²) in [7, 11) is 0. The number of thiophene rings is 1. The van der Waals surface area contributed by atoms with Crippen LogP contribution in [-0.2, 0) is 0 Å². The van der Waals surface area contributed by atoms with Crippen molar-refractivity contribution in [3.63, 3.8) is 0 Å². The van der Waals surface area contributed by atoms with Crippen molar-refractivity contribution >= 4 is 27.5 Å². The van der Waals surface area contributed by atoms with E-state index in [1.165, 1.54) is 20.5 Å². The van der Waals surface area contributed by atoms with Crippen molar-refractivity contribution in [2.24, 2.45) is 0 Å². The minimum absolute atomic E-state index is 1.38. The van der Waals surface area contributed by atoms with Gasteiger partial charge in [0, 0.05) is 9.58 Å². The van der Waals surface area contributed by atoms with Crippen molar-refractivity contribution in [3.05, 3.63) is 40.8 Å². The van der Waals surface area contributed by atoms with Crippen LogP contribution < -0.4 is 0 Å². The lowest BCUT2D eigenvalue weighted by molar-refractivity contribution is 1.61. The number of aryl methyl sites for hydroxylation is 1. The van der Waals surface area contributed by atoms with Gasteiger partial charge in [0.1, 0.15) is 0 Å². The first-order valence-corrected chi connectivity index (χ1v) is 5.25. The highest BCUT2D eigenvalue weighted by molar-refractivity contribution is 7.19. The molecule has 1 heterocycles. The van der Waals surface area contributed by atoms with Crippen LogP contribution in [0.25, 0.3) is 16.2 Å². The molecule has 0 radical (unpaired) electrons. The third kappa shape index (κ3) is 1.40. The van der Waals surface area contributed by atoms with Crippen LogP contribution in [0.2, 0.25) is 0 Å². The Morgan fingerprint density at radius 3 is 2.77 bits per heavy atom. The second-order valence-electron chi connectivity index (χ2n) is 3.07. The van der Waals surface area contributed by atoms with E-state index in [-0.39, 0.29) is 0 Å². The number of fused-ring (bicyclic) bond motifs is 1. The lowest BCUT2D eigenvalue weighted by Crippen LogP contribution is -1.70. The van der Waals surface area contributed by atoms with Gasteiger partial charge >= 0.3 is 0 Å². The highest BCUT2D eigenvalue weighted by Crippen LogP contribution is 2.31. The van der Waals surface area contributed by atoms with Gasteiger partial charge in [-0.25, -0.2) is 0 Å². The summed E-state index contributed by atoms with van der Waals surface area (Å²) in [4.78, 5) is 1.40. The van der Waals surface area contributed by atoms with Gasteiger partial charge in [-0.3, -0.25) is 0 Å². The molecule has 1 aromatic carbocycles. The fourth-order valence-corrected chi connectivity index (χ4v) is 2.61. The molecule has 1 heteroatoms. The molecule has 1 aromatic heterocycles. The summed E-state index contributed by atoms with van der Waals surface area (Å²) in [6.45, 7) is 4.24. The topological polar surface area (TPSA) is 0 Å². The minimum Gasteiger partial charge on any atom is -0.140 e. The SMILES string of the molecule is CC=Cc1c(C)sc2ccccc12. The molecule has 0 atom stereocenters. The molecular weight excluding hydrogens is 176 g/mol. The molecule has 0 fully saturated rings. The molecule has 2 aromatic rings. The molecule has 0 bridgehead atoms. The predicted octanol–water partition coefficient (Wildman–Crippen LogP) is 4.24. The van der Waals surface area contributed by atoms with Crippen LogP contribution in [-0.4, -0.2) is 0 Å². The molecule has 0 aliphatic carbocycles. The lowest BCUT2D eigenvalue weighted by atomic mass is 10.1. The zero-order valence-electron chi connectivity index (χ0n) is 7.87. The van der Waals surface area contributed by atoms with Crippen molar-refractivity contribution in [3.8, 4) is 0 Å². The smallest absolute Gasteiger partial charge is 0.0351 e. The summed E-state index contributed by atoms with van der Waals surface area (Å²) in [6, 6.07) is 8.56. The molecule has 66 valence electrons. The van der Waals surface area contributed by atoms with Crippen LogP contribution in [0.4, 0.5) is 0 Å². The third-order valence-corrected chi connectivity index (χ3v) is 3.25. The number of allylic oxidation sites excluding steroid dienone is 1. The Kier molecular flexibility index (Phi) is 2.19. The van der Waals surface area contributed by atoms with E-state index in [4.69, 9.17) is 0 Å². The van der Waals surface area contributed by atoms with Crippen molar-refractivity contribution in [2.75, 3.05) is 0 Å². The highest BCUT2D eigenvalue weighted by atomic mass is 32.1. The zero-order chi connectivity index (χ0) is 9.26. The van der Waals surface area contributed by atoms with E-state index in [2.05, 4.69) is 50.3 Å². The van der Waals surface area contributed by atoms with Gasteiger partial charge in [0.25, 0.3) is 0 Å². The number of rotatable bonds is 1. The predicted molar refractivity (Wildman–Crippen MR) is 61.3 cm³/mol. The van der Waals surface area contributed by atoms with Crippen molar-refractivity contribution < 1.29 is 0 Å². The van der Waals surface area contributed by atoms with Crippen LogP contribution in [0.5, 0.6) is 0 Å². The van der Waals surface area contributed by atoms with Crippen molar-refractivity contribution in [1.29, 1.82) is 0 Å². The van der Waals surface area contributed by atoms with E-state index in [9.17, 15) is 0 Å². The first kappa shape index (κ1) is 8.52. The van der Waals surface area contributed by atoms with E-state index in [0.29, 0.717) is 0 Å². The Bertz CT molecular complexity index is 449. The molecule has 0 nitrogen and oxygen atoms in total. The summed E-state index contributed by atoms with van der Waals surface area (Å²) < 4.78 is 1.38. The quantitative estimate of drug-likeness (QED) is 0.628. The van der Waals surface area contributed by atoms with Crippen LogP contribution >= 0.6 is 11.3 Å². The number of hydrogen-bond donors (Lipinski definition) is 0. The van der Waals surface area contributed by atoms with Gasteiger partial charge in [0.2, 0.25) is 0 Å². The molecule has 0 N–H and O–H groups in total. The molecule has 0 saturated heterocycles. The Balaban J connectivity index is 2.78. The monoisotopic (exact) mass is 188 g/mol. The summed E-state index contributed by atoms with van der Waals surface area (Å²) in [5.74, 6) is 0. The van der Waals surface area contributed by atoms with Gasteiger partial charge < -0.3 is 0 Å². The fraction of sp³-hybridized carbons (Fsp3) is 0.167. The summed E-state index contributed by atoms with van der Waals surface area (Å²) in [6.07, 6.45) is 4.29. The normalized spacial score (nSPS) is 11.5. The van der Waals surface area contributed by atoms with Gasteiger partial charge in [0.05, 0.1) is 0 Å². The van der Waals surface area contributed by atoms with Gasteiger partial charge in [0.15, 0.2) is 0 Å². The van der Waals surface area contributed by atoms with Crippen LogP contribution in [0, 0.1) is 6.92 Å². The van der Waals surface area contributed by atoms with Gasteiger partial charge in [-0.1, -0.05) is 30.4 Å². The standard InChI is InChI=1S/C12H12S/c1-3-6-10-9(2)13-12-8-5-4-7-11(10)12/h3-8H,1-2H3. The third-order valence-electron chi connectivity index (χ3n) is 2.15. The molecule has 0 spiro atoms. The Morgan fingerprint density at radius 2 is 2.00 bits per heavy atom. The van der Waals surface area contributed by atoms with Crippen LogP contribution in [0.3, 0.4) is 0 Å². The first-order valence-electron chi connectivity index (χ1n) is 4.43. The molecule has 0 aliphatic heterocycles. The summed E-state index contributed by atoms with van der Waals surface area (Å²) in [5.41, 5.74) is 1.38. The van der Waals surface area contributed by atoms with E-state index >= 15 is 0 Å². The Hall–Kier alpha value is -1.08. The molecule has 0 saturated carbocycles. The summed E-state index contributed by atoms with van der Waals surface area (Å²) in [5, 5.41) is 1.38. The van der Waals surface area contributed by atoms with Gasteiger partial charge in [-0.05, 0) is 30.9 Å². The molecular formula is C12H12S. The molecule has 2 rings (SSSR count). The second-order valence-corrected chi connectivity index (χ2v) is 4.32. The maximum atomic E-state index is 2.19. The van der Waals surface area contributed by atoms with E-state index < -0.39 is 0 Å². The van der Waals surface area contributed by atoms with E-state index in [1.807, 2.05) is 11.3 Å². The minimum atomic E-state index is 1.38. The Labute approximate surface area is 82.5 Å². The highest BCUT2D eigenvalue weighted by Gasteiger charge is 2.03. The zero-order valence-corrected chi connectivity index (χ0v) is 8.69. The van der Waals surface area contributed by atoms with E-state index in [1.54, 1.807) is 0 Å². The van der Waals surface area contributed by atoms with Gasteiger partial charge in [-0.2, -0.15) is 0 Å². The average Bonchev–Trinajstić information content (AvgIpc) is 2.44. The Morgan fingerprint density at radius 1 is 1.23 bits per heavy atom. The molecule has 13 heavy (non-hydrogen) atoms.